The molecule has 19 heavy (non-hydrogen) atoms. The fraction of sp³-hybridized carbons (Fsp3) is 0.133. The van der Waals surface area contributed by atoms with Crippen molar-refractivity contribution in [2.24, 2.45) is 5.73 Å². The van der Waals surface area contributed by atoms with Crippen LogP contribution >= 0.6 is 28.1 Å². The van der Waals surface area contributed by atoms with E-state index in [-0.39, 0.29) is 0 Å². The maximum Gasteiger partial charge on any atom is 0.107 e. The van der Waals surface area contributed by atoms with Crippen LogP contribution in [0.25, 0.3) is 0 Å². The monoisotopic (exact) mass is 334 g/mol. The van der Waals surface area contributed by atoms with E-state index in [0.717, 1.165) is 22.3 Å². The molecule has 2 aromatic rings. The van der Waals surface area contributed by atoms with E-state index in [1.54, 1.807) is 0 Å². The molecule has 4 heteroatoms. The summed E-state index contributed by atoms with van der Waals surface area (Å²) in [6.45, 7) is 2.82. The highest BCUT2D eigenvalue weighted by molar-refractivity contribution is 9.10. The van der Waals surface area contributed by atoms with Gasteiger partial charge in [-0.25, -0.2) is 0 Å². The first-order valence-electron chi connectivity index (χ1n) is 5.95. The van der Waals surface area contributed by atoms with Crippen molar-refractivity contribution in [1.82, 2.24) is 0 Å². The number of hydrogen-bond acceptors (Lipinski definition) is 2. The number of rotatable bonds is 4. The molecule has 98 valence electrons. The third-order valence-electron chi connectivity index (χ3n) is 2.86. The average molecular weight is 335 g/mol. The maximum atomic E-state index is 5.77. The van der Waals surface area contributed by atoms with Crippen LogP contribution < -0.4 is 11.1 Å². The summed E-state index contributed by atoms with van der Waals surface area (Å²) in [6.07, 6.45) is 0. The highest BCUT2D eigenvalue weighted by Gasteiger charge is 2.08. The van der Waals surface area contributed by atoms with Gasteiger partial charge < -0.3 is 11.1 Å². The second-order valence-corrected chi connectivity index (χ2v) is 5.66. The van der Waals surface area contributed by atoms with E-state index in [2.05, 4.69) is 52.4 Å². The third kappa shape index (κ3) is 3.55. The van der Waals surface area contributed by atoms with Gasteiger partial charge in [-0.05, 0) is 40.5 Å². The van der Waals surface area contributed by atoms with Crippen molar-refractivity contribution in [2.75, 3.05) is 5.32 Å². The fourth-order valence-electron chi connectivity index (χ4n) is 1.83. The lowest BCUT2D eigenvalue weighted by Crippen LogP contribution is -2.14. The zero-order valence-corrected chi connectivity index (χ0v) is 13.0. The highest BCUT2D eigenvalue weighted by Crippen LogP contribution is 2.25. The summed E-state index contributed by atoms with van der Waals surface area (Å²) in [6, 6.07) is 14.3. The van der Waals surface area contributed by atoms with Gasteiger partial charge in [-0.15, -0.1) is 0 Å². The molecule has 0 amide bonds. The summed E-state index contributed by atoms with van der Waals surface area (Å²) in [5, 5.41) is 3.37. The molecular formula is C15H15BrN2S. The van der Waals surface area contributed by atoms with Gasteiger partial charge in [0.15, 0.2) is 0 Å². The first-order chi connectivity index (χ1) is 9.08. The lowest BCUT2D eigenvalue weighted by Gasteiger charge is -2.13. The Morgan fingerprint density at radius 2 is 1.89 bits per heavy atom. The molecule has 0 fully saturated rings. The summed E-state index contributed by atoms with van der Waals surface area (Å²) in [5.74, 6) is 0. The van der Waals surface area contributed by atoms with E-state index in [9.17, 15) is 0 Å². The molecule has 0 aliphatic rings. The number of benzene rings is 2. The fourth-order valence-corrected chi connectivity index (χ4v) is 2.76. The molecule has 0 aliphatic heterocycles. The maximum absolute atomic E-state index is 5.77. The van der Waals surface area contributed by atoms with Gasteiger partial charge in [-0.2, -0.15) is 0 Å². The quantitative estimate of drug-likeness (QED) is 0.830. The van der Waals surface area contributed by atoms with Crippen molar-refractivity contribution in [2.45, 2.75) is 13.5 Å². The number of nitrogens with one attached hydrogen (secondary N) is 1. The Hall–Kier alpha value is -1.39. The average Bonchev–Trinajstić information content (AvgIpc) is 2.37. The normalized spacial score (nSPS) is 10.2. The number of aryl methyl sites for hydroxylation is 1. The molecular weight excluding hydrogens is 320 g/mol. The van der Waals surface area contributed by atoms with Crippen LogP contribution in [-0.2, 0) is 6.54 Å². The van der Waals surface area contributed by atoms with Gasteiger partial charge in [-0.3, -0.25) is 0 Å². The van der Waals surface area contributed by atoms with Crippen molar-refractivity contribution in [3.8, 4) is 0 Å². The third-order valence-corrected chi connectivity index (χ3v) is 3.73. The van der Waals surface area contributed by atoms with Crippen molar-refractivity contribution in [3.63, 3.8) is 0 Å². The SMILES string of the molecule is Cc1ccc(CNc2cccc(Br)c2C(N)=S)cc1. The molecule has 0 atom stereocenters. The number of thiocarbonyl (C=S) groups is 1. The molecule has 3 N–H and O–H groups in total. The Labute approximate surface area is 127 Å². The smallest absolute Gasteiger partial charge is 0.107 e. The second kappa shape index (κ2) is 6.17. The van der Waals surface area contributed by atoms with Crippen LogP contribution in [0.15, 0.2) is 46.9 Å². The summed E-state index contributed by atoms with van der Waals surface area (Å²) in [7, 11) is 0. The molecule has 0 bridgehead atoms. The first-order valence-corrected chi connectivity index (χ1v) is 7.16. The molecule has 0 aliphatic carbocycles. The van der Waals surface area contributed by atoms with E-state index in [1.165, 1.54) is 11.1 Å². The lowest BCUT2D eigenvalue weighted by molar-refractivity contribution is 1.14. The van der Waals surface area contributed by atoms with E-state index in [4.69, 9.17) is 18.0 Å². The molecule has 2 aromatic carbocycles. The van der Waals surface area contributed by atoms with Gasteiger partial charge in [0.05, 0.1) is 0 Å². The molecule has 0 aromatic heterocycles. The minimum Gasteiger partial charge on any atom is -0.389 e. The predicted molar refractivity (Wildman–Crippen MR) is 88.5 cm³/mol. The number of nitrogens with two attached hydrogens (primary N) is 1. The minimum atomic E-state index is 0.388. The van der Waals surface area contributed by atoms with Gasteiger partial charge in [0.25, 0.3) is 0 Å². The van der Waals surface area contributed by atoms with Crippen LogP contribution in [0.5, 0.6) is 0 Å². The van der Waals surface area contributed by atoms with Gasteiger partial charge in [0.1, 0.15) is 4.99 Å². The van der Waals surface area contributed by atoms with E-state index >= 15 is 0 Å². The van der Waals surface area contributed by atoms with E-state index in [1.807, 2.05) is 18.2 Å². The minimum absolute atomic E-state index is 0.388. The molecule has 0 saturated carbocycles. The lowest BCUT2D eigenvalue weighted by atomic mass is 10.1. The molecule has 2 rings (SSSR count). The largest absolute Gasteiger partial charge is 0.389 e. The molecule has 0 heterocycles. The van der Waals surface area contributed by atoms with E-state index < -0.39 is 0 Å². The van der Waals surface area contributed by atoms with Crippen molar-refractivity contribution in [3.05, 3.63) is 63.6 Å². The van der Waals surface area contributed by atoms with Gasteiger partial charge in [0, 0.05) is 22.3 Å². The molecule has 2 nitrogen and oxygen atoms in total. The Morgan fingerprint density at radius 3 is 2.53 bits per heavy atom. The molecule has 0 unspecified atom stereocenters. The zero-order chi connectivity index (χ0) is 13.8. The Balaban J connectivity index is 2.18. The number of anilines is 1. The van der Waals surface area contributed by atoms with Crippen LogP contribution in [0, 0.1) is 6.92 Å². The van der Waals surface area contributed by atoms with Crippen molar-refractivity contribution in [1.29, 1.82) is 0 Å². The highest BCUT2D eigenvalue weighted by atomic mass is 79.9. The predicted octanol–water partition coefficient (Wildman–Crippen LogP) is 4.00. The Morgan fingerprint density at radius 1 is 1.21 bits per heavy atom. The van der Waals surface area contributed by atoms with Gasteiger partial charge in [0.2, 0.25) is 0 Å². The van der Waals surface area contributed by atoms with Crippen LogP contribution in [0.3, 0.4) is 0 Å². The van der Waals surface area contributed by atoms with Crippen LogP contribution in [-0.4, -0.2) is 4.99 Å². The van der Waals surface area contributed by atoms with Crippen LogP contribution in [0.1, 0.15) is 16.7 Å². The first kappa shape index (κ1) is 14.0. The zero-order valence-electron chi connectivity index (χ0n) is 10.6. The number of hydrogen-bond donors (Lipinski definition) is 2. The molecule has 0 saturated heterocycles. The molecule has 0 radical (unpaired) electrons. The topological polar surface area (TPSA) is 38.0 Å². The summed E-state index contributed by atoms with van der Waals surface area (Å²) < 4.78 is 0.911. The van der Waals surface area contributed by atoms with E-state index in [0.29, 0.717) is 4.99 Å². The van der Waals surface area contributed by atoms with Crippen LogP contribution in [0.2, 0.25) is 0 Å². The summed E-state index contributed by atoms with van der Waals surface area (Å²) >= 11 is 8.57. The van der Waals surface area contributed by atoms with Gasteiger partial charge >= 0.3 is 0 Å². The van der Waals surface area contributed by atoms with Crippen molar-refractivity contribution >= 4 is 38.8 Å². The van der Waals surface area contributed by atoms with Crippen molar-refractivity contribution < 1.29 is 0 Å². The second-order valence-electron chi connectivity index (χ2n) is 4.37. The molecule has 0 spiro atoms. The Bertz CT molecular complexity index is 594. The summed E-state index contributed by atoms with van der Waals surface area (Å²) in [4.78, 5) is 0.388. The van der Waals surface area contributed by atoms with Gasteiger partial charge in [-0.1, -0.05) is 48.1 Å². The number of halogens is 1. The summed E-state index contributed by atoms with van der Waals surface area (Å²) in [5.41, 5.74) is 10.0. The Kier molecular flexibility index (Phi) is 4.56. The van der Waals surface area contributed by atoms with Crippen LogP contribution in [0.4, 0.5) is 5.69 Å². The standard InChI is InChI=1S/C15H15BrN2S/c1-10-5-7-11(8-6-10)9-18-13-4-2-3-12(16)14(13)15(17)19/h2-8,18H,9H2,1H3,(H2,17,19).